The molecule has 6 nitrogen and oxygen atoms in total. The van der Waals surface area contributed by atoms with Gasteiger partial charge in [-0.3, -0.25) is 14.4 Å². The SMILES string of the molecule is CCCCCCCCCCCCCCCCCCCCC(=O)O[C@@H](COC(=O)CCCCCCCCCCCCCC)COC(=O)CCCCCCCCCCCCCCC(C)C. The van der Waals surface area contributed by atoms with Crippen molar-refractivity contribution in [3.05, 3.63) is 0 Å². The smallest absolute Gasteiger partial charge is 0.306 e. The Balaban J connectivity index is 4.28. The van der Waals surface area contributed by atoms with Gasteiger partial charge in [0.1, 0.15) is 13.2 Å². The van der Waals surface area contributed by atoms with E-state index in [2.05, 4.69) is 27.7 Å². The molecular formula is C57H110O6. The summed E-state index contributed by atoms with van der Waals surface area (Å²) >= 11 is 0. The van der Waals surface area contributed by atoms with Crippen LogP contribution in [0.3, 0.4) is 0 Å². The van der Waals surface area contributed by atoms with Gasteiger partial charge in [-0.05, 0) is 25.2 Å². The highest BCUT2D eigenvalue weighted by Crippen LogP contribution is 2.18. The van der Waals surface area contributed by atoms with Crippen molar-refractivity contribution >= 4 is 17.9 Å². The molecule has 0 aromatic heterocycles. The van der Waals surface area contributed by atoms with Gasteiger partial charge >= 0.3 is 17.9 Å². The van der Waals surface area contributed by atoms with E-state index < -0.39 is 6.10 Å². The molecule has 6 heteroatoms. The molecule has 0 N–H and O–H groups in total. The number of esters is 3. The average molecular weight is 892 g/mol. The highest BCUT2D eigenvalue weighted by atomic mass is 16.6. The van der Waals surface area contributed by atoms with Crippen molar-refractivity contribution in [2.75, 3.05) is 13.2 Å². The van der Waals surface area contributed by atoms with Gasteiger partial charge in [-0.1, -0.05) is 285 Å². The van der Waals surface area contributed by atoms with Gasteiger partial charge in [0.05, 0.1) is 0 Å². The lowest BCUT2D eigenvalue weighted by atomic mass is 10.0. The molecule has 374 valence electrons. The van der Waals surface area contributed by atoms with E-state index in [-0.39, 0.29) is 31.1 Å². The van der Waals surface area contributed by atoms with Gasteiger partial charge in [-0.15, -0.1) is 0 Å². The molecule has 0 bridgehead atoms. The predicted octanol–water partition coefficient (Wildman–Crippen LogP) is 18.6. The second kappa shape index (κ2) is 51.4. The molecule has 0 fully saturated rings. The van der Waals surface area contributed by atoms with Crippen LogP contribution < -0.4 is 0 Å². The number of hydrogen-bond acceptors (Lipinski definition) is 6. The molecule has 1 atom stereocenters. The summed E-state index contributed by atoms with van der Waals surface area (Å²) in [5.41, 5.74) is 0. The fourth-order valence-electron chi connectivity index (χ4n) is 8.75. The Morgan fingerprint density at radius 1 is 0.302 bits per heavy atom. The molecule has 63 heavy (non-hydrogen) atoms. The van der Waals surface area contributed by atoms with Crippen LogP contribution in [0.5, 0.6) is 0 Å². The van der Waals surface area contributed by atoms with Crippen molar-refractivity contribution < 1.29 is 28.6 Å². The molecule has 0 heterocycles. The Morgan fingerprint density at radius 3 is 0.778 bits per heavy atom. The molecule has 0 unspecified atom stereocenters. The number of carbonyl (C=O) groups is 3. The van der Waals surface area contributed by atoms with E-state index in [0.717, 1.165) is 63.7 Å². The molecule has 0 rings (SSSR count). The van der Waals surface area contributed by atoms with E-state index in [0.29, 0.717) is 19.3 Å². The van der Waals surface area contributed by atoms with Gasteiger partial charge in [-0.25, -0.2) is 0 Å². The number of unbranched alkanes of at least 4 members (excludes halogenated alkanes) is 39. The molecule has 0 radical (unpaired) electrons. The summed E-state index contributed by atoms with van der Waals surface area (Å²) in [6.07, 6.45) is 55.2. The first-order chi connectivity index (χ1) is 30.9. The summed E-state index contributed by atoms with van der Waals surface area (Å²) in [6.45, 7) is 9.05. The maximum atomic E-state index is 12.8. The van der Waals surface area contributed by atoms with Crippen LogP contribution in [0, 0.1) is 5.92 Å². The van der Waals surface area contributed by atoms with Crippen LogP contribution in [0.1, 0.15) is 323 Å². The third kappa shape index (κ3) is 51.3. The Bertz CT molecular complexity index is 949. The molecule has 0 saturated heterocycles. The summed E-state index contributed by atoms with van der Waals surface area (Å²) in [7, 11) is 0. The standard InChI is InChI=1S/C57H110O6/c1-5-7-9-11-13-15-17-19-20-21-22-23-24-30-34-38-42-46-50-57(60)63-54(51-61-55(58)48-44-40-36-32-28-18-16-14-12-10-8-6-2)52-62-56(59)49-45-41-37-33-29-26-25-27-31-35-39-43-47-53(3)4/h53-54H,5-52H2,1-4H3/t54-/m0/s1. The lowest BCUT2D eigenvalue weighted by Gasteiger charge is -2.18. The summed E-state index contributed by atoms with van der Waals surface area (Å²) in [5.74, 6) is -0.00364. The second-order valence-electron chi connectivity index (χ2n) is 20.1. The van der Waals surface area contributed by atoms with Crippen LogP contribution in [0.25, 0.3) is 0 Å². The highest BCUT2D eigenvalue weighted by Gasteiger charge is 2.19. The van der Waals surface area contributed by atoms with Gasteiger partial charge in [0, 0.05) is 19.3 Å². The van der Waals surface area contributed by atoms with Gasteiger partial charge in [0.25, 0.3) is 0 Å². The number of carbonyl (C=O) groups excluding carboxylic acids is 3. The summed E-state index contributed by atoms with van der Waals surface area (Å²) < 4.78 is 16.9. The Hall–Kier alpha value is -1.59. The zero-order chi connectivity index (χ0) is 45.9. The highest BCUT2D eigenvalue weighted by molar-refractivity contribution is 5.71. The van der Waals surface area contributed by atoms with E-state index in [1.165, 1.54) is 218 Å². The summed E-state index contributed by atoms with van der Waals surface area (Å²) in [5, 5.41) is 0. The first kappa shape index (κ1) is 61.4. The molecule has 0 spiro atoms. The lowest BCUT2D eigenvalue weighted by molar-refractivity contribution is -0.167. The van der Waals surface area contributed by atoms with Crippen LogP contribution in [0.4, 0.5) is 0 Å². The fraction of sp³-hybridized carbons (Fsp3) is 0.947. The predicted molar refractivity (Wildman–Crippen MR) is 270 cm³/mol. The first-order valence-electron chi connectivity index (χ1n) is 28.4. The van der Waals surface area contributed by atoms with Crippen LogP contribution in [-0.2, 0) is 28.6 Å². The summed E-state index contributed by atoms with van der Waals surface area (Å²) in [6, 6.07) is 0. The third-order valence-electron chi connectivity index (χ3n) is 13.0. The van der Waals surface area contributed by atoms with Crippen molar-refractivity contribution in [3.63, 3.8) is 0 Å². The molecular weight excluding hydrogens is 781 g/mol. The number of ether oxygens (including phenoxy) is 3. The zero-order valence-electron chi connectivity index (χ0n) is 43.0. The van der Waals surface area contributed by atoms with E-state index >= 15 is 0 Å². The Kier molecular flexibility index (Phi) is 50.1. The monoisotopic (exact) mass is 891 g/mol. The van der Waals surface area contributed by atoms with Crippen LogP contribution in [-0.4, -0.2) is 37.2 Å². The molecule has 0 aliphatic heterocycles. The lowest BCUT2D eigenvalue weighted by Crippen LogP contribution is -2.30. The maximum absolute atomic E-state index is 12.8. The maximum Gasteiger partial charge on any atom is 0.306 e. The zero-order valence-corrected chi connectivity index (χ0v) is 43.0. The quantitative estimate of drug-likeness (QED) is 0.0344. The molecule has 0 aromatic carbocycles. The fourth-order valence-corrected chi connectivity index (χ4v) is 8.75. The van der Waals surface area contributed by atoms with E-state index in [1.807, 2.05) is 0 Å². The Labute approximate surface area is 393 Å². The van der Waals surface area contributed by atoms with E-state index in [1.54, 1.807) is 0 Å². The van der Waals surface area contributed by atoms with E-state index in [9.17, 15) is 14.4 Å². The average Bonchev–Trinajstić information content (AvgIpc) is 3.27. The first-order valence-corrected chi connectivity index (χ1v) is 28.4. The third-order valence-corrected chi connectivity index (χ3v) is 13.0. The minimum atomic E-state index is -0.761. The van der Waals surface area contributed by atoms with Crippen molar-refractivity contribution in [1.29, 1.82) is 0 Å². The van der Waals surface area contributed by atoms with Crippen molar-refractivity contribution in [2.24, 2.45) is 5.92 Å². The normalized spacial score (nSPS) is 12.0. The van der Waals surface area contributed by atoms with Gasteiger partial charge < -0.3 is 14.2 Å². The van der Waals surface area contributed by atoms with Crippen LogP contribution in [0.2, 0.25) is 0 Å². The molecule has 0 aliphatic carbocycles. The van der Waals surface area contributed by atoms with Crippen LogP contribution in [0.15, 0.2) is 0 Å². The van der Waals surface area contributed by atoms with Crippen molar-refractivity contribution in [3.8, 4) is 0 Å². The largest absolute Gasteiger partial charge is 0.462 e. The number of hydrogen-bond donors (Lipinski definition) is 0. The number of rotatable bonds is 52. The molecule has 0 aromatic rings. The minimum Gasteiger partial charge on any atom is -0.462 e. The molecule has 0 saturated carbocycles. The van der Waals surface area contributed by atoms with Crippen LogP contribution >= 0.6 is 0 Å². The summed E-state index contributed by atoms with van der Waals surface area (Å²) in [4.78, 5) is 38.1. The topological polar surface area (TPSA) is 78.9 Å². The van der Waals surface area contributed by atoms with Gasteiger partial charge in [0.2, 0.25) is 0 Å². The van der Waals surface area contributed by atoms with Gasteiger partial charge in [-0.2, -0.15) is 0 Å². The van der Waals surface area contributed by atoms with Crippen molar-refractivity contribution in [1.82, 2.24) is 0 Å². The minimum absolute atomic E-state index is 0.0621. The molecule has 0 amide bonds. The van der Waals surface area contributed by atoms with Crippen molar-refractivity contribution in [2.45, 2.75) is 329 Å². The second-order valence-corrected chi connectivity index (χ2v) is 20.1. The Morgan fingerprint density at radius 2 is 0.524 bits per heavy atom. The van der Waals surface area contributed by atoms with Gasteiger partial charge in [0.15, 0.2) is 6.10 Å². The molecule has 0 aliphatic rings. The van der Waals surface area contributed by atoms with E-state index in [4.69, 9.17) is 14.2 Å².